The third-order valence-corrected chi connectivity index (χ3v) is 4.70. The average molecular weight is 304 g/mol. The minimum Gasteiger partial charge on any atom is -0.496 e. The van der Waals surface area contributed by atoms with Crippen LogP contribution in [0.25, 0.3) is 0 Å². The molecule has 22 heavy (non-hydrogen) atoms. The summed E-state index contributed by atoms with van der Waals surface area (Å²) in [7, 11) is 3.74. The Hall–Kier alpha value is -1.59. The SMILES string of the molecule is COc1cccc(C)c1C(=O)N1C[C@@H]2COC[C@H](C1)N(C)C2. The van der Waals surface area contributed by atoms with Crippen LogP contribution < -0.4 is 4.74 Å². The zero-order valence-corrected chi connectivity index (χ0v) is 13.5. The normalized spacial score (nSPS) is 25.7. The van der Waals surface area contributed by atoms with Gasteiger partial charge in [0.2, 0.25) is 0 Å². The van der Waals surface area contributed by atoms with Crippen molar-refractivity contribution >= 4 is 5.91 Å². The Kier molecular flexibility index (Phi) is 4.36. The monoisotopic (exact) mass is 304 g/mol. The number of rotatable bonds is 2. The van der Waals surface area contributed by atoms with Crippen molar-refractivity contribution in [3.8, 4) is 5.75 Å². The Morgan fingerprint density at radius 3 is 2.86 bits per heavy atom. The summed E-state index contributed by atoms with van der Waals surface area (Å²) in [6.07, 6.45) is 0. The third kappa shape index (κ3) is 2.83. The number of nitrogens with zero attached hydrogens (tertiary/aromatic N) is 2. The number of carbonyl (C=O) groups is 1. The van der Waals surface area contributed by atoms with Gasteiger partial charge in [0.1, 0.15) is 5.75 Å². The molecule has 0 saturated carbocycles. The van der Waals surface area contributed by atoms with Gasteiger partial charge in [0, 0.05) is 25.6 Å². The van der Waals surface area contributed by atoms with Crippen molar-refractivity contribution in [2.75, 3.05) is 47.0 Å². The third-order valence-electron chi connectivity index (χ3n) is 4.70. The number of likely N-dealkylation sites (N-methyl/N-ethyl adjacent to an activating group) is 1. The molecule has 2 saturated heterocycles. The van der Waals surface area contributed by atoms with Crippen LogP contribution in [-0.2, 0) is 4.74 Å². The minimum absolute atomic E-state index is 0.0714. The molecular weight excluding hydrogens is 280 g/mol. The van der Waals surface area contributed by atoms with Gasteiger partial charge in [-0.25, -0.2) is 0 Å². The molecule has 2 fully saturated rings. The summed E-state index contributed by atoms with van der Waals surface area (Å²) in [5, 5.41) is 0. The highest BCUT2D eigenvalue weighted by Gasteiger charge is 2.34. The van der Waals surface area contributed by atoms with E-state index in [1.54, 1.807) is 7.11 Å². The van der Waals surface area contributed by atoms with Gasteiger partial charge in [-0.3, -0.25) is 9.69 Å². The van der Waals surface area contributed by atoms with E-state index in [0.717, 1.165) is 25.3 Å². The Labute approximate surface area is 131 Å². The van der Waals surface area contributed by atoms with E-state index in [2.05, 4.69) is 11.9 Å². The largest absolute Gasteiger partial charge is 0.496 e. The molecule has 2 aliphatic heterocycles. The molecule has 120 valence electrons. The number of benzene rings is 1. The zero-order valence-electron chi connectivity index (χ0n) is 13.5. The molecule has 0 aromatic heterocycles. The van der Waals surface area contributed by atoms with E-state index in [1.807, 2.05) is 30.0 Å². The standard InChI is InChI=1S/C17H24N2O3/c1-12-5-4-6-15(21-3)16(12)17(20)19-8-13-7-18(2)14(9-19)11-22-10-13/h4-6,13-14H,7-11H2,1-3H3/t13-,14+/m1/s1. The molecule has 3 rings (SSSR count). The highest BCUT2D eigenvalue weighted by atomic mass is 16.5. The number of hydrogen-bond donors (Lipinski definition) is 0. The fourth-order valence-electron chi connectivity index (χ4n) is 3.46. The highest BCUT2D eigenvalue weighted by molar-refractivity contribution is 5.98. The van der Waals surface area contributed by atoms with Gasteiger partial charge < -0.3 is 14.4 Å². The number of fused-ring (bicyclic) bond motifs is 3. The van der Waals surface area contributed by atoms with Crippen LogP contribution in [0, 0.1) is 12.8 Å². The molecule has 2 atom stereocenters. The van der Waals surface area contributed by atoms with Crippen LogP contribution in [-0.4, -0.2) is 68.8 Å². The number of methoxy groups -OCH3 is 1. The van der Waals surface area contributed by atoms with Gasteiger partial charge in [-0.05, 0) is 25.6 Å². The summed E-state index contributed by atoms with van der Waals surface area (Å²) in [6, 6.07) is 6.01. The second-order valence-corrected chi connectivity index (χ2v) is 6.36. The van der Waals surface area contributed by atoms with E-state index in [9.17, 15) is 4.79 Å². The molecule has 1 amide bonds. The Balaban J connectivity index is 1.89. The van der Waals surface area contributed by atoms with Crippen LogP contribution in [0.2, 0.25) is 0 Å². The number of carbonyl (C=O) groups excluding carboxylic acids is 1. The van der Waals surface area contributed by atoms with Crippen LogP contribution in [0.1, 0.15) is 15.9 Å². The number of ether oxygens (including phenoxy) is 2. The quantitative estimate of drug-likeness (QED) is 0.828. The maximum Gasteiger partial charge on any atom is 0.257 e. The molecule has 1 aromatic carbocycles. The first-order chi connectivity index (χ1) is 10.6. The van der Waals surface area contributed by atoms with Crippen LogP contribution in [0.4, 0.5) is 0 Å². The molecule has 5 nitrogen and oxygen atoms in total. The van der Waals surface area contributed by atoms with E-state index in [-0.39, 0.29) is 11.9 Å². The summed E-state index contributed by atoms with van der Waals surface area (Å²) < 4.78 is 11.1. The van der Waals surface area contributed by atoms with E-state index >= 15 is 0 Å². The molecule has 2 heterocycles. The van der Waals surface area contributed by atoms with Crippen molar-refractivity contribution in [3.05, 3.63) is 29.3 Å². The number of amides is 1. The summed E-state index contributed by atoms with van der Waals surface area (Å²) in [4.78, 5) is 17.4. The lowest BCUT2D eigenvalue weighted by Crippen LogP contribution is -2.45. The fraction of sp³-hybridized carbons (Fsp3) is 0.588. The van der Waals surface area contributed by atoms with Crippen LogP contribution in [0.5, 0.6) is 5.75 Å². The van der Waals surface area contributed by atoms with Crippen LogP contribution >= 0.6 is 0 Å². The predicted octanol–water partition coefficient (Wildman–Crippen LogP) is 1.41. The molecule has 2 bridgehead atoms. The minimum atomic E-state index is 0.0714. The molecule has 1 aromatic rings. The second-order valence-electron chi connectivity index (χ2n) is 6.36. The molecule has 0 spiro atoms. The topological polar surface area (TPSA) is 42.0 Å². The molecule has 5 heteroatoms. The van der Waals surface area contributed by atoms with E-state index < -0.39 is 0 Å². The van der Waals surface area contributed by atoms with Crippen LogP contribution in [0.3, 0.4) is 0 Å². The van der Waals surface area contributed by atoms with Gasteiger partial charge in [-0.2, -0.15) is 0 Å². The lowest BCUT2D eigenvalue weighted by molar-refractivity contribution is 0.0431. The molecular formula is C17H24N2O3. The summed E-state index contributed by atoms with van der Waals surface area (Å²) in [6.45, 7) is 5.83. The molecule has 0 radical (unpaired) electrons. The second kappa shape index (κ2) is 6.26. The van der Waals surface area contributed by atoms with Crippen molar-refractivity contribution in [1.82, 2.24) is 9.80 Å². The fourth-order valence-corrected chi connectivity index (χ4v) is 3.46. The van der Waals surface area contributed by atoms with Gasteiger partial charge in [-0.15, -0.1) is 0 Å². The first-order valence-corrected chi connectivity index (χ1v) is 7.81. The Morgan fingerprint density at radius 2 is 2.09 bits per heavy atom. The smallest absolute Gasteiger partial charge is 0.257 e. The summed E-state index contributed by atoms with van der Waals surface area (Å²) in [5.41, 5.74) is 1.65. The predicted molar refractivity (Wildman–Crippen MR) is 84.4 cm³/mol. The van der Waals surface area contributed by atoms with Crippen molar-refractivity contribution in [1.29, 1.82) is 0 Å². The maximum absolute atomic E-state index is 13.1. The lowest BCUT2D eigenvalue weighted by Gasteiger charge is -2.30. The van der Waals surface area contributed by atoms with E-state index in [1.165, 1.54) is 0 Å². The lowest BCUT2D eigenvalue weighted by atomic mass is 10.0. The summed E-state index contributed by atoms with van der Waals surface area (Å²) >= 11 is 0. The molecule has 0 N–H and O–H groups in total. The highest BCUT2D eigenvalue weighted by Crippen LogP contribution is 2.26. The van der Waals surface area contributed by atoms with Gasteiger partial charge in [0.05, 0.1) is 31.9 Å². The molecule has 2 aliphatic rings. The first-order valence-electron chi connectivity index (χ1n) is 7.81. The van der Waals surface area contributed by atoms with Gasteiger partial charge >= 0.3 is 0 Å². The average Bonchev–Trinajstić information content (AvgIpc) is 2.74. The van der Waals surface area contributed by atoms with E-state index in [4.69, 9.17) is 9.47 Å². The van der Waals surface area contributed by atoms with Gasteiger partial charge in [-0.1, -0.05) is 12.1 Å². The van der Waals surface area contributed by atoms with E-state index in [0.29, 0.717) is 30.4 Å². The summed E-state index contributed by atoms with van der Waals surface area (Å²) in [5.74, 6) is 1.10. The van der Waals surface area contributed by atoms with Crippen molar-refractivity contribution in [2.45, 2.75) is 13.0 Å². The van der Waals surface area contributed by atoms with Gasteiger partial charge in [0.25, 0.3) is 5.91 Å². The molecule has 0 unspecified atom stereocenters. The molecule has 0 aliphatic carbocycles. The Morgan fingerprint density at radius 1 is 1.27 bits per heavy atom. The van der Waals surface area contributed by atoms with Crippen LogP contribution in [0.15, 0.2) is 18.2 Å². The van der Waals surface area contributed by atoms with Crippen molar-refractivity contribution < 1.29 is 14.3 Å². The number of aryl methyl sites for hydroxylation is 1. The Bertz CT molecular complexity index is 561. The van der Waals surface area contributed by atoms with Crippen molar-refractivity contribution in [2.24, 2.45) is 5.92 Å². The maximum atomic E-state index is 13.1. The van der Waals surface area contributed by atoms with Crippen molar-refractivity contribution in [3.63, 3.8) is 0 Å². The van der Waals surface area contributed by atoms with Gasteiger partial charge in [0.15, 0.2) is 0 Å². The zero-order chi connectivity index (χ0) is 15.7. The number of hydrogen-bond acceptors (Lipinski definition) is 4. The first kappa shape index (κ1) is 15.3.